The molecular formula is C32H45F3INO6. The SMILES string of the molecule is CC[C@H](C[C@H](O)[C@@H](I)C[C@H](Cc1ccc(OC)c(OCCCOC)c1)C(C)C)C(=O)NCc1ccccc1OC(F)(F)F. The predicted octanol–water partition coefficient (Wildman–Crippen LogP) is 7.11. The first kappa shape index (κ1) is 36.9. The molecule has 0 aromatic heterocycles. The molecular weight excluding hydrogens is 678 g/mol. The van der Waals surface area contributed by atoms with Crippen molar-refractivity contribution in [3.63, 3.8) is 0 Å². The summed E-state index contributed by atoms with van der Waals surface area (Å²) in [5.41, 5.74) is 1.33. The largest absolute Gasteiger partial charge is 0.573 e. The third-order valence-electron chi connectivity index (χ3n) is 7.41. The number of amides is 1. The van der Waals surface area contributed by atoms with Crippen molar-refractivity contribution in [2.24, 2.45) is 17.8 Å². The van der Waals surface area contributed by atoms with Crippen LogP contribution in [0.5, 0.6) is 17.2 Å². The summed E-state index contributed by atoms with van der Waals surface area (Å²) >= 11 is 2.26. The number of carbonyl (C=O) groups excluding carboxylic acids is 1. The highest BCUT2D eigenvalue weighted by Crippen LogP contribution is 2.33. The Morgan fingerprint density at radius 1 is 1.02 bits per heavy atom. The van der Waals surface area contributed by atoms with Gasteiger partial charge in [-0.1, -0.05) is 67.6 Å². The van der Waals surface area contributed by atoms with Gasteiger partial charge in [-0.3, -0.25) is 4.79 Å². The average molecular weight is 724 g/mol. The lowest BCUT2D eigenvalue weighted by Gasteiger charge is -2.28. The summed E-state index contributed by atoms with van der Waals surface area (Å²) in [5, 5.41) is 13.8. The second-order valence-electron chi connectivity index (χ2n) is 10.9. The molecule has 43 heavy (non-hydrogen) atoms. The van der Waals surface area contributed by atoms with Crippen LogP contribution in [0.3, 0.4) is 0 Å². The molecule has 0 aliphatic heterocycles. The summed E-state index contributed by atoms with van der Waals surface area (Å²) in [6, 6.07) is 11.7. The van der Waals surface area contributed by atoms with Crippen molar-refractivity contribution in [2.45, 2.75) is 75.8 Å². The van der Waals surface area contributed by atoms with Gasteiger partial charge in [0.25, 0.3) is 0 Å². The third kappa shape index (κ3) is 13.1. The third-order valence-corrected chi connectivity index (χ3v) is 8.74. The number of methoxy groups -OCH3 is 2. The van der Waals surface area contributed by atoms with Crippen molar-refractivity contribution in [2.75, 3.05) is 27.4 Å². The molecule has 7 nitrogen and oxygen atoms in total. The number of rotatable bonds is 19. The number of aliphatic hydroxyl groups is 1. The van der Waals surface area contributed by atoms with Crippen molar-refractivity contribution in [3.8, 4) is 17.2 Å². The molecule has 2 N–H and O–H groups in total. The first-order chi connectivity index (χ1) is 20.4. The van der Waals surface area contributed by atoms with Gasteiger partial charge in [0.1, 0.15) is 5.75 Å². The van der Waals surface area contributed by atoms with E-state index in [0.29, 0.717) is 37.1 Å². The van der Waals surface area contributed by atoms with Gasteiger partial charge in [0.2, 0.25) is 5.91 Å². The van der Waals surface area contributed by atoms with Crippen LogP contribution in [-0.4, -0.2) is 54.8 Å². The van der Waals surface area contributed by atoms with E-state index >= 15 is 0 Å². The number of nitrogens with one attached hydrogen (secondary N) is 1. The van der Waals surface area contributed by atoms with Crippen LogP contribution < -0.4 is 19.5 Å². The Bertz CT molecular complexity index is 1120. The topological polar surface area (TPSA) is 86.3 Å². The fraction of sp³-hybridized carbons (Fsp3) is 0.594. The molecule has 0 fully saturated rings. The zero-order valence-corrected chi connectivity index (χ0v) is 27.7. The normalized spacial score (nSPS) is 14.6. The monoisotopic (exact) mass is 723 g/mol. The first-order valence-corrected chi connectivity index (χ1v) is 15.8. The molecule has 2 aromatic rings. The molecule has 11 heteroatoms. The Balaban J connectivity index is 1.99. The lowest BCUT2D eigenvalue weighted by molar-refractivity contribution is -0.274. The van der Waals surface area contributed by atoms with E-state index in [-0.39, 0.29) is 40.0 Å². The minimum absolute atomic E-state index is 0.101. The van der Waals surface area contributed by atoms with E-state index in [1.54, 1.807) is 20.3 Å². The van der Waals surface area contributed by atoms with E-state index in [2.05, 4.69) is 46.5 Å². The van der Waals surface area contributed by atoms with Crippen molar-refractivity contribution in [1.82, 2.24) is 5.32 Å². The molecule has 4 atom stereocenters. The summed E-state index contributed by atoms with van der Waals surface area (Å²) in [6.45, 7) is 7.20. The summed E-state index contributed by atoms with van der Waals surface area (Å²) < 4.78 is 58.7. The number of aliphatic hydroxyl groups excluding tert-OH is 1. The first-order valence-electron chi connectivity index (χ1n) is 14.6. The Labute approximate surface area is 267 Å². The molecule has 0 spiro atoms. The van der Waals surface area contributed by atoms with Crippen LogP contribution in [0.15, 0.2) is 42.5 Å². The number of carbonyl (C=O) groups is 1. The molecule has 0 saturated heterocycles. The highest BCUT2D eigenvalue weighted by atomic mass is 127. The molecule has 0 aliphatic rings. The van der Waals surface area contributed by atoms with Gasteiger partial charge in [0, 0.05) is 42.1 Å². The lowest BCUT2D eigenvalue weighted by atomic mass is 9.83. The van der Waals surface area contributed by atoms with Crippen molar-refractivity contribution in [3.05, 3.63) is 53.6 Å². The maximum atomic E-state index is 13.0. The van der Waals surface area contributed by atoms with Gasteiger partial charge in [-0.15, -0.1) is 13.2 Å². The molecule has 1 amide bonds. The smallest absolute Gasteiger partial charge is 0.493 e. The van der Waals surface area contributed by atoms with E-state index < -0.39 is 18.4 Å². The number of ether oxygens (including phenoxy) is 4. The van der Waals surface area contributed by atoms with Gasteiger partial charge in [0.15, 0.2) is 11.5 Å². The number of alkyl halides is 4. The van der Waals surface area contributed by atoms with Crippen LogP contribution in [-0.2, 0) is 22.5 Å². The molecule has 0 aliphatic carbocycles. The molecule has 0 bridgehead atoms. The summed E-state index contributed by atoms with van der Waals surface area (Å²) in [7, 11) is 3.27. The second kappa shape index (κ2) is 18.5. The average Bonchev–Trinajstić information content (AvgIpc) is 2.96. The van der Waals surface area contributed by atoms with Gasteiger partial charge < -0.3 is 29.4 Å². The summed E-state index contributed by atoms with van der Waals surface area (Å²) in [5.74, 6) is 0.826. The predicted molar refractivity (Wildman–Crippen MR) is 169 cm³/mol. The minimum Gasteiger partial charge on any atom is -0.493 e. The van der Waals surface area contributed by atoms with Gasteiger partial charge in [-0.2, -0.15) is 0 Å². The number of halogens is 4. The Morgan fingerprint density at radius 3 is 2.37 bits per heavy atom. The number of hydrogen-bond donors (Lipinski definition) is 2. The molecule has 2 aromatic carbocycles. The van der Waals surface area contributed by atoms with E-state index in [0.717, 1.165) is 24.8 Å². The number of para-hydroxylation sites is 1. The molecule has 242 valence electrons. The maximum Gasteiger partial charge on any atom is 0.573 e. The van der Waals surface area contributed by atoms with Crippen molar-refractivity contribution < 1.29 is 42.0 Å². The zero-order chi connectivity index (χ0) is 32.0. The van der Waals surface area contributed by atoms with Crippen LogP contribution in [0.25, 0.3) is 0 Å². The number of hydrogen-bond acceptors (Lipinski definition) is 6. The Morgan fingerprint density at radius 2 is 1.74 bits per heavy atom. The van der Waals surface area contributed by atoms with Crippen LogP contribution in [0.2, 0.25) is 0 Å². The molecule has 0 radical (unpaired) electrons. The van der Waals surface area contributed by atoms with Gasteiger partial charge in [-0.25, -0.2) is 0 Å². The van der Waals surface area contributed by atoms with Crippen molar-refractivity contribution >= 4 is 28.5 Å². The second-order valence-corrected chi connectivity index (χ2v) is 12.5. The summed E-state index contributed by atoms with van der Waals surface area (Å²) in [6.07, 6.45) is -2.51. The highest BCUT2D eigenvalue weighted by Gasteiger charge is 2.32. The van der Waals surface area contributed by atoms with E-state index in [1.165, 1.54) is 18.2 Å². The Hall–Kier alpha value is -2.25. The molecule has 0 heterocycles. The van der Waals surface area contributed by atoms with E-state index in [4.69, 9.17) is 14.2 Å². The quantitative estimate of drug-likeness (QED) is 0.0914. The lowest BCUT2D eigenvalue weighted by Crippen LogP contribution is -2.35. The van der Waals surface area contributed by atoms with Gasteiger partial charge in [-0.05, 0) is 61.3 Å². The van der Waals surface area contributed by atoms with Crippen LogP contribution >= 0.6 is 22.6 Å². The van der Waals surface area contributed by atoms with E-state index in [1.807, 2.05) is 25.1 Å². The zero-order valence-electron chi connectivity index (χ0n) is 25.6. The van der Waals surface area contributed by atoms with Crippen molar-refractivity contribution in [1.29, 1.82) is 0 Å². The fourth-order valence-corrected chi connectivity index (χ4v) is 5.73. The highest BCUT2D eigenvalue weighted by molar-refractivity contribution is 14.1. The minimum atomic E-state index is -4.83. The van der Waals surface area contributed by atoms with Crippen LogP contribution in [0, 0.1) is 17.8 Å². The van der Waals surface area contributed by atoms with Crippen LogP contribution in [0.4, 0.5) is 13.2 Å². The van der Waals surface area contributed by atoms with Gasteiger partial charge in [0.05, 0.1) is 19.8 Å². The molecule has 0 saturated carbocycles. The maximum absolute atomic E-state index is 13.0. The summed E-state index contributed by atoms with van der Waals surface area (Å²) in [4.78, 5) is 13.0. The van der Waals surface area contributed by atoms with E-state index in [9.17, 15) is 23.1 Å². The molecule has 0 unspecified atom stereocenters. The molecule has 2 rings (SSSR count). The fourth-order valence-electron chi connectivity index (χ4n) is 4.79. The Kier molecular flexibility index (Phi) is 15.9. The standard InChI is InChI=1S/C32H45F3INO6/c1-6-23(31(39)37-20-24-10-7-8-11-28(24)43-32(33,34)35)19-27(38)26(36)18-25(21(2)3)16-22-12-13-29(41-5)30(17-22)42-15-9-14-40-4/h7-8,10-13,17,21,23,25-27,38H,6,9,14-16,18-20H2,1-5H3,(H,37,39)/t23-,25+,26+,27+/m1/s1. The number of benzene rings is 2. The van der Waals surface area contributed by atoms with Crippen LogP contribution in [0.1, 0.15) is 57.6 Å². The van der Waals surface area contributed by atoms with Gasteiger partial charge >= 0.3 is 6.36 Å².